The van der Waals surface area contributed by atoms with Gasteiger partial charge in [-0.25, -0.2) is 0 Å². The van der Waals surface area contributed by atoms with Crippen molar-refractivity contribution in [3.8, 4) is 0 Å². The lowest BCUT2D eigenvalue weighted by molar-refractivity contribution is 0.677. The molecule has 0 heterocycles. The van der Waals surface area contributed by atoms with Crippen LogP contribution in [0, 0.1) is 6.92 Å². The Morgan fingerprint density at radius 1 is 1.38 bits per heavy atom. The normalized spacial score (nSPS) is 13.2. The summed E-state index contributed by atoms with van der Waals surface area (Å²) in [6.45, 7) is 5.78. The first-order valence-electron chi connectivity index (χ1n) is 4.29. The maximum absolute atomic E-state index is 11.7. The van der Waals surface area contributed by atoms with Crippen LogP contribution in [-0.2, 0) is 10.8 Å². The summed E-state index contributed by atoms with van der Waals surface area (Å²) >= 11 is 0. The Morgan fingerprint density at radius 3 is 2.54 bits per heavy atom. The molecular weight excluding hydrogens is 182 g/mol. The predicted octanol–water partition coefficient (Wildman–Crippen LogP) is 2.09. The number of rotatable bonds is 2. The lowest BCUT2D eigenvalue weighted by Crippen LogP contribution is -2.08. The van der Waals surface area contributed by atoms with Crippen molar-refractivity contribution in [3.05, 3.63) is 23.8 Å². The van der Waals surface area contributed by atoms with Crippen molar-refractivity contribution in [1.29, 1.82) is 0 Å². The van der Waals surface area contributed by atoms with E-state index in [9.17, 15) is 4.21 Å². The summed E-state index contributed by atoms with van der Waals surface area (Å²) in [4.78, 5) is 0.759. The minimum absolute atomic E-state index is 0.115. The molecule has 13 heavy (non-hydrogen) atoms. The van der Waals surface area contributed by atoms with Gasteiger partial charge >= 0.3 is 0 Å². The third-order valence-electron chi connectivity index (χ3n) is 1.93. The van der Waals surface area contributed by atoms with E-state index in [2.05, 4.69) is 0 Å². The standard InChI is InChI=1S/C10H15NOS/c1-7(2)13(12)9-6-4-5-8(3)10(9)11/h4-7H,11H2,1-3H3. The predicted molar refractivity (Wildman–Crippen MR) is 57.1 cm³/mol. The van der Waals surface area contributed by atoms with E-state index in [0.717, 1.165) is 10.5 Å². The van der Waals surface area contributed by atoms with Gasteiger partial charge in [-0.05, 0) is 18.6 Å². The second-order valence-electron chi connectivity index (χ2n) is 3.33. The lowest BCUT2D eigenvalue weighted by Gasteiger charge is -2.09. The maximum Gasteiger partial charge on any atom is 0.0622 e. The highest BCUT2D eigenvalue weighted by atomic mass is 32.2. The van der Waals surface area contributed by atoms with E-state index in [1.807, 2.05) is 39.0 Å². The molecule has 0 spiro atoms. The Labute approximate surface area is 81.6 Å². The van der Waals surface area contributed by atoms with E-state index in [4.69, 9.17) is 5.73 Å². The molecule has 0 amide bonds. The third kappa shape index (κ3) is 2.10. The van der Waals surface area contributed by atoms with Gasteiger partial charge in [0.25, 0.3) is 0 Å². The van der Waals surface area contributed by atoms with Crippen LogP contribution in [0.2, 0.25) is 0 Å². The zero-order valence-electron chi connectivity index (χ0n) is 8.20. The van der Waals surface area contributed by atoms with Crippen molar-refractivity contribution in [3.63, 3.8) is 0 Å². The molecule has 0 saturated heterocycles. The van der Waals surface area contributed by atoms with Gasteiger partial charge in [0.2, 0.25) is 0 Å². The van der Waals surface area contributed by atoms with Crippen LogP contribution < -0.4 is 5.73 Å². The first kappa shape index (κ1) is 10.3. The van der Waals surface area contributed by atoms with E-state index >= 15 is 0 Å². The molecule has 2 nitrogen and oxygen atoms in total. The van der Waals surface area contributed by atoms with E-state index in [-0.39, 0.29) is 5.25 Å². The molecule has 1 unspecified atom stereocenters. The molecule has 0 radical (unpaired) electrons. The molecular formula is C10H15NOS. The van der Waals surface area contributed by atoms with Gasteiger partial charge in [0.15, 0.2) is 0 Å². The Hall–Kier alpha value is -0.830. The summed E-state index contributed by atoms with van der Waals surface area (Å²) in [6.07, 6.45) is 0. The van der Waals surface area contributed by atoms with Gasteiger partial charge in [-0.3, -0.25) is 4.21 Å². The van der Waals surface area contributed by atoms with Crippen LogP contribution in [0.5, 0.6) is 0 Å². The number of para-hydroxylation sites is 1. The van der Waals surface area contributed by atoms with Crippen LogP contribution in [0.1, 0.15) is 19.4 Å². The highest BCUT2D eigenvalue weighted by molar-refractivity contribution is 7.85. The maximum atomic E-state index is 11.7. The molecule has 0 aliphatic carbocycles. The topological polar surface area (TPSA) is 43.1 Å². The molecule has 0 aliphatic heterocycles. The van der Waals surface area contributed by atoms with Crippen molar-refractivity contribution in [2.45, 2.75) is 30.9 Å². The molecule has 2 N–H and O–H groups in total. The van der Waals surface area contributed by atoms with Crippen LogP contribution in [0.25, 0.3) is 0 Å². The molecule has 1 aromatic carbocycles. The monoisotopic (exact) mass is 197 g/mol. The molecule has 1 rings (SSSR count). The lowest BCUT2D eigenvalue weighted by atomic mass is 10.2. The number of benzene rings is 1. The molecule has 0 fully saturated rings. The number of nitrogen functional groups attached to an aromatic ring is 1. The van der Waals surface area contributed by atoms with Gasteiger partial charge in [0.05, 0.1) is 21.4 Å². The summed E-state index contributed by atoms with van der Waals surface area (Å²) in [6, 6.07) is 5.65. The van der Waals surface area contributed by atoms with E-state index in [0.29, 0.717) is 5.69 Å². The molecule has 0 aromatic heterocycles. The van der Waals surface area contributed by atoms with Crippen LogP contribution in [0.3, 0.4) is 0 Å². The summed E-state index contributed by atoms with van der Waals surface area (Å²) in [5.41, 5.74) is 7.48. The van der Waals surface area contributed by atoms with Crippen molar-refractivity contribution >= 4 is 16.5 Å². The molecule has 0 saturated carbocycles. The highest BCUT2D eigenvalue weighted by Crippen LogP contribution is 2.21. The fourth-order valence-corrected chi connectivity index (χ4v) is 2.18. The summed E-state index contributed by atoms with van der Waals surface area (Å²) in [5, 5.41) is 0.115. The zero-order valence-corrected chi connectivity index (χ0v) is 9.02. The van der Waals surface area contributed by atoms with Gasteiger partial charge in [-0.15, -0.1) is 0 Å². The average molecular weight is 197 g/mol. The van der Waals surface area contributed by atoms with Crippen molar-refractivity contribution in [2.24, 2.45) is 0 Å². The molecule has 1 aromatic rings. The molecule has 3 heteroatoms. The fraction of sp³-hybridized carbons (Fsp3) is 0.400. The number of aryl methyl sites for hydroxylation is 1. The number of anilines is 1. The number of nitrogens with two attached hydrogens (primary N) is 1. The number of hydrogen-bond donors (Lipinski definition) is 1. The SMILES string of the molecule is Cc1cccc(S(=O)C(C)C)c1N. The molecule has 1 atom stereocenters. The average Bonchev–Trinajstić information content (AvgIpc) is 2.08. The zero-order chi connectivity index (χ0) is 10.0. The van der Waals surface area contributed by atoms with E-state index in [1.165, 1.54) is 0 Å². The van der Waals surface area contributed by atoms with E-state index in [1.54, 1.807) is 0 Å². The van der Waals surface area contributed by atoms with Crippen molar-refractivity contribution in [2.75, 3.05) is 5.73 Å². The summed E-state index contributed by atoms with van der Waals surface area (Å²) in [5.74, 6) is 0. The molecule has 0 aliphatic rings. The minimum atomic E-state index is -0.982. The second kappa shape index (κ2) is 3.92. The highest BCUT2D eigenvalue weighted by Gasteiger charge is 2.12. The van der Waals surface area contributed by atoms with Gasteiger partial charge < -0.3 is 5.73 Å². The minimum Gasteiger partial charge on any atom is -0.398 e. The largest absolute Gasteiger partial charge is 0.398 e. The molecule has 72 valence electrons. The van der Waals surface area contributed by atoms with Gasteiger partial charge in [0.1, 0.15) is 0 Å². The van der Waals surface area contributed by atoms with Crippen LogP contribution >= 0.6 is 0 Å². The van der Waals surface area contributed by atoms with Gasteiger partial charge in [0, 0.05) is 5.25 Å². The first-order valence-corrected chi connectivity index (χ1v) is 5.51. The Bertz CT molecular complexity index is 334. The van der Waals surface area contributed by atoms with Gasteiger partial charge in [-0.1, -0.05) is 26.0 Å². The van der Waals surface area contributed by atoms with Gasteiger partial charge in [-0.2, -0.15) is 0 Å². The summed E-state index contributed by atoms with van der Waals surface area (Å²) < 4.78 is 11.7. The Balaban J connectivity index is 3.15. The van der Waals surface area contributed by atoms with E-state index < -0.39 is 10.8 Å². The Morgan fingerprint density at radius 2 is 2.00 bits per heavy atom. The third-order valence-corrected chi connectivity index (χ3v) is 3.57. The van der Waals surface area contributed by atoms with Crippen LogP contribution in [0.4, 0.5) is 5.69 Å². The quantitative estimate of drug-likeness (QED) is 0.738. The summed E-state index contributed by atoms with van der Waals surface area (Å²) in [7, 11) is -0.982. The van der Waals surface area contributed by atoms with Crippen LogP contribution in [-0.4, -0.2) is 9.46 Å². The van der Waals surface area contributed by atoms with Crippen LogP contribution in [0.15, 0.2) is 23.1 Å². The number of hydrogen-bond acceptors (Lipinski definition) is 2. The fourth-order valence-electron chi connectivity index (χ4n) is 1.08. The second-order valence-corrected chi connectivity index (χ2v) is 5.31. The van der Waals surface area contributed by atoms with Crippen molar-refractivity contribution in [1.82, 2.24) is 0 Å². The molecule has 0 bridgehead atoms. The Kier molecular flexibility index (Phi) is 3.09. The smallest absolute Gasteiger partial charge is 0.0622 e. The van der Waals surface area contributed by atoms with Crippen molar-refractivity contribution < 1.29 is 4.21 Å². The first-order chi connectivity index (χ1) is 6.04.